The van der Waals surface area contributed by atoms with Crippen LogP contribution in [-0.4, -0.2) is 24.8 Å². The molecule has 10 heavy (non-hydrogen) atoms. The normalized spacial score (nSPS) is 25.2. The number of rotatable bonds is 0. The maximum Gasteiger partial charge on any atom is 0.337 e. The van der Waals surface area contributed by atoms with E-state index in [0.717, 1.165) is 6.42 Å². The maximum atomic E-state index is 11.0. The van der Waals surface area contributed by atoms with Crippen molar-refractivity contribution in [2.75, 3.05) is 13.2 Å². The quantitative estimate of drug-likeness (QED) is 0.470. The van der Waals surface area contributed by atoms with Gasteiger partial charge < -0.3 is 9.47 Å². The smallest absolute Gasteiger partial charge is 0.337 e. The second kappa shape index (κ2) is 2.58. The van der Waals surface area contributed by atoms with E-state index in [1.54, 1.807) is 13.8 Å². The van der Waals surface area contributed by atoms with Crippen LogP contribution in [0.25, 0.3) is 0 Å². The molecule has 3 heteroatoms. The molecule has 0 radical (unpaired) electrons. The van der Waals surface area contributed by atoms with Gasteiger partial charge in [-0.15, -0.1) is 0 Å². The molecule has 0 aromatic heterocycles. The second-order valence-electron chi connectivity index (χ2n) is 2.85. The highest BCUT2D eigenvalue weighted by Crippen LogP contribution is 2.14. The van der Waals surface area contributed by atoms with E-state index in [1.165, 1.54) is 0 Å². The highest BCUT2D eigenvalue weighted by atomic mass is 16.6. The third kappa shape index (κ3) is 1.48. The lowest BCUT2D eigenvalue weighted by Crippen LogP contribution is -2.34. The summed E-state index contributed by atoms with van der Waals surface area (Å²) in [6, 6.07) is 0. The zero-order valence-electron chi connectivity index (χ0n) is 6.35. The van der Waals surface area contributed by atoms with E-state index in [4.69, 9.17) is 9.47 Å². The summed E-state index contributed by atoms with van der Waals surface area (Å²) in [6.45, 7) is 4.54. The van der Waals surface area contributed by atoms with Crippen molar-refractivity contribution in [2.45, 2.75) is 25.9 Å². The van der Waals surface area contributed by atoms with Gasteiger partial charge in [0.2, 0.25) is 0 Å². The van der Waals surface area contributed by atoms with E-state index in [1.807, 2.05) is 0 Å². The molecule has 1 aliphatic rings. The minimum absolute atomic E-state index is 0.259. The minimum atomic E-state index is -0.740. The van der Waals surface area contributed by atoms with Crippen LogP contribution in [0.15, 0.2) is 0 Å². The number of ether oxygens (including phenoxy) is 2. The SMILES string of the molecule is CC1(C)OCCCOC1=O. The first-order valence-electron chi connectivity index (χ1n) is 3.44. The van der Waals surface area contributed by atoms with Gasteiger partial charge in [-0.05, 0) is 13.8 Å². The maximum absolute atomic E-state index is 11.0. The van der Waals surface area contributed by atoms with Crippen molar-refractivity contribution >= 4 is 5.97 Å². The largest absolute Gasteiger partial charge is 0.463 e. The molecule has 0 aromatic carbocycles. The highest BCUT2D eigenvalue weighted by molar-refractivity contribution is 5.78. The van der Waals surface area contributed by atoms with Crippen molar-refractivity contribution in [1.29, 1.82) is 0 Å². The highest BCUT2D eigenvalue weighted by Gasteiger charge is 2.31. The number of hydrogen-bond acceptors (Lipinski definition) is 3. The van der Waals surface area contributed by atoms with Gasteiger partial charge in [-0.2, -0.15) is 0 Å². The van der Waals surface area contributed by atoms with E-state index in [0.29, 0.717) is 13.2 Å². The molecule has 3 nitrogen and oxygen atoms in total. The molecule has 0 atom stereocenters. The Hall–Kier alpha value is -0.570. The number of hydrogen-bond donors (Lipinski definition) is 0. The topological polar surface area (TPSA) is 35.5 Å². The van der Waals surface area contributed by atoms with Gasteiger partial charge in [0.25, 0.3) is 0 Å². The molecule has 1 heterocycles. The van der Waals surface area contributed by atoms with Crippen molar-refractivity contribution in [3.8, 4) is 0 Å². The van der Waals surface area contributed by atoms with Gasteiger partial charge >= 0.3 is 5.97 Å². The van der Waals surface area contributed by atoms with Crippen LogP contribution in [0.2, 0.25) is 0 Å². The molecular formula is C7H12O3. The third-order valence-corrected chi connectivity index (χ3v) is 1.48. The van der Waals surface area contributed by atoms with Crippen LogP contribution in [0.1, 0.15) is 20.3 Å². The van der Waals surface area contributed by atoms with Crippen molar-refractivity contribution < 1.29 is 14.3 Å². The lowest BCUT2D eigenvalue weighted by molar-refractivity contribution is -0.161. The van der Waals surface area contributed by atoms with Gasteiger partial charge in [0.1, 0.15) is 0 Å². The van der Waals surface area contributed by atoms with Crippen LogP contribution in [0.3, 0.4) is 0 Å². The van der Waals surface area contributed by atoms with Crippen LogP contribution in [0.4, 0.5) is 0 Å². The fourth-order valence-corrected chi connectivity index (χ4v) is 0.784. The van der Waals surface area contributed by atoms with Gasteiger partial charge in [0, 0.05) is 6.42 Å². The van der Waals surface area contributed by atoms with Gasteiger partial charge in [-0.3, -0.25) is 0 Å². The van der Waals surface area contributed by atoms with Gasteiger partial charge in [-0.1, -0.05) is 0 Å². The first-order valence-corrected chi connectivity index (χ1v) is 3.44. The summed E-state index contributed by atoms with van der Waals surface area (Å²) in [7, 11) is 0. The average molecular weight is 144 g/mol. The number of carbonyl (C=O) groups excluding carboxylic acids is 1. The molecular weight excluding hydrogens is 132 g/mol. The predicted octanol–water partition coefficient (Wildman–Crippen LogP) is 0.728. The van der Waals surface area contributed by atoms with E-state index in [-0.39, 0.29) is 5.97 Å². The number of cyclic esters (lactones) is 1. The van der Waals surface area contributed by atoms with Gasteiger partial charge in [0.05, 0.1) is 13.2 Å². The Morgan fingerprint density at radius 3 is 2.80 bits per heavy atom. The summed E-state index contributed by atoms with van der Waals surface area (Å²) in [5.74, 6) is -0.259. The fourth-order valence-electron chi connectivity index (χ4n) is 0.784. The summed E-state index contributed by atoms with van der Waals surface area (Å²) >= 11 is 0. The zero-order valence-corrected chi connectivity index (χ0v) is 6.35. The lowest BCUT2D eigenvalue weighted by Gasteiger charge is -2.18. The lowest BCUT2D eigenvalue weighted by atomic mass is 10.1. The molecule has 1 fully saturated rings. The van der Waals surface area contributed by atoms with Gasteiger partial charge in [0.15, 0.2) is 5.60 Å². The van der Waals surface area contributed by atoms with E-state index >= 15 is 0 Å². The average Bonchev–Trinajstić information content (AvgIpc) is 1.96. The molecule has 0 N–H and O–H groups in total. The van der Waals surface area contributed by atoms with Crippen molar-refractivity contribution in [1.82, 2.24) is 0 Å². The van der Waals surface area contributed by atoms with Crippen LogP contribution < -0.4 is 0 Å². The molecule has 0 amide bonds. The Morgan fingerprint density at radius 1 is 1.40 bits per heavy atom. The minimum Gasteiger partial charge on any atom is -0.463 e. The third-order valence-electron chi connectivity index (χ3n) is 1.48. The summed E-state index contributed by atoms with van der Waals surface area (Å²) in [5, 5.41) is 0. The molecule has 0 saturated carbocycles. The van der Waals surface area contributed by atoms with Crippen LogP contribution in [-0.2, 0) is 14.3 Å². The fraction of sp³-hybridized carbons (Fsp3) is 0.857. The Bertz CT molecular complexity index is 140. The molecule has 0 spiro atoms. The predicted molar refractivity (Wildman–Crippen MR) is 35.6 cm³/mol. The zero-order chi connectivity index (χ0) is 7.61. The Labute approximate surface area is 60.3 Å². The Balaban J connectivity index is 2.61. The molecule has 1 aliphatic heterocycles. The van der Waals surface area contributed by atoms with Crippen LogP contribution in [0.5, 0.6) is 0 Å². The van der Waals surface area contributed by atoms with Crippen molar-refractivity contribution in [3.63, 3.8) is 0 Å². The Morgan fingerprint density at radius 2 is 2.10 bits per heavy atom. The number of esters is 1. The van der Waals surface area contributed by atoms with E-state index < -0.39 is 5.60 Å². The first kappa shape index (κ1) is 7.54. The molecule has 0 unspecified atom stereocenters. The van der Waals surface area contributed by atoms with Gasteiger partial charge in [-0.25, -0.2) is 4.79 Å². The molecule has 0 aromatic rings. The van der Waals surface area contributed by atoms with E-state index in [2.05, 4.69) is 0 Å². The molecule has 1 rings (SSSR count). The van der Waals surface area contributed by atoms with Crippen molar-refractivity contribution in [3.05, 3.63) is 0 Å². The molecule has 0 aliphatic carbocycles. The molecule has 58 valence electrons. The van der Waals surface area contributed by atoms with Crippen LogP contribution in [0, 0.1) is 0 Å². The molecule has 0 bridgehead atoms. The monoisotopic (exact) mass is 144 g/mol. The number of carbonyl (C=O) groups is 1. The van der Waals surface area contributed by atoms with Crippen molar-refractivity contribution in [2.24, 2.45) is 0 Å². The van der Waals surface area contributed by atoms with E-state index in [9.17, 15) is 4.79 Å². The summed E-state index contributed by atoms with van der Waals surface area (Å²) in [5.41, 5.74) is -0.740. The second-order valence-corrected chi connectivity index (χ2v) is 2.85. The Kier molecular flexibility index (Phi) is 1.94. The standard InChI is InChI=1S/C7H12O3/c1-7(2)6(8)9-4-3-5-10-7/h3-5H2,1-2H3. The summed E-state index contributed by atoms with van der Waals surface area (Å²) in [4.78, 5) is 11.0. The summed E-state index contributed by atoms with van der Waals surface area (Å²) < 4.78 is 10.1. The van der Waals surface area contributed by atoms with Crippen LogP contribution >= 0.6 is 0 Å². The molecule has 1 saturated heterocycles. The first-order chi connectivity index (χ1) is 4.63. The summed E-state index contributed by atoms with van der Waals surface area (Å²) in [6.07, 6.45) is 0.801.